The normalized spacial score (nSPS) is 17.2. The number of nitrogen functional groups attached to an aromatic ring is 1. The number of nitrogens with two attached hydrogens (primary N) is 2. The number of amides is 1. The van der Waals surface area contributed by atoms with Crippen LogP contribution < -0.4 is 21.5 Å². The third kappa shape index (κ3) is 6.81. The van der Waals surface area contributed by atoms with Crippen LogP contribution in [0.2, 0.25) is 0 Å². The fraction of sp³-hybridized carbons (Fsp3) is 0.517. The van der Waals surface area contributed by atoms with Crippen molar-refractivity contribution in [2.75, 3.05) is 65.6 Å². The van der Waals surface area contributed by atoms with Crippen LogP contribution in [0.15, 0.2) is 30.6 Å². The monoisotopic (exact) mass is 580 g/mol. The average Bonchev–Trinajstić information content (AvgIpc) is 3.62. The number of fused-ring (bicyclic) bond motifs is 2. The molecule has 0 atom stereocenters. The van der Waals surface area contributed by atoms with Crippen LogP contribution in [0.4, 0.5) is 5.82 Å². The zero-order valence-electron chi connectivity index (χ0n) is 24.0. The highest BCUT2D eigenvalue weighted by Crippen LogP contribution is 2.39. The summed E-state index contributed by atoms with van der Waals surface area (Å²) < 4.78 is 23.6. The Morgan fingerprint density at radius 3 is 2.55 bits per heavy atom. The van der Waals surface area contributed by atoms with Crippen LogP contribution >= 0.6 is 0 Å². The molecule has 0 unspecified atom stereocenters. The van der Waals surface area contributed by atoms with Gasteiger partial charge in [0.25, 0.3) is 0 Å². The van der Waals surface area contributed by atoms with Crippen LogP contribution in [0, 0.1) is 5.92 Å². The number of H-pyrrole nitrogens is 1. The fourth-order valence-electron chi connectivity index (χ4n) is 5.49. The molecule has 1 saturated carbocycles. The van der Waals surface area contributed by atoms with E-state index in [0.29, 0.717) is 69.8 Å². The topological polar surface area (TPSA) is 177 Å². The summed E-state index contributed by atoms with van der Waals surface area (Å²) in [5, 5.41) is 8.53. The molecule has 0 radical (unpaired) electrons. The summed E-state index contributed by atoms with van der Waals surface area (Å²) in [6.07, 6.45) is 4.64. The van der Waals surface area contributed by atoms with Gasteiger partial charge >= 0.3 is 0 Å². The zero-order chi connectivity index (χ0) is 29.3. The summed E-state index contributed by atoms with van der Waals surface area (Å²) >= 11 is 0. The molecule has 0 bridgehead atoms. The SMILES string of the molecule is COc1cccc2cc(-c3nc(C4CCC(C(=O)NCCOCCOCCOCCN)CC4)n4ncnc(N)c34)[nH]c12. The van der Waals surface area contributed by atoms with Crippen molar-refractivity contribution < 1.29 is 23.7 Å². The number of carbonyl (C=O) groups is 1. The summed E-state index contributed by atoms with van der Waals surface area (Å²) in [5.41, 5.74) is 14.8. The van der Waals surface area contributed by atoms with Gasteiger partial charge in [0.1, 0.15) is 29.1 Å². The molecule has 5 rings (SSSR count). The minimum absolute atomic E-state index is 0.0373. The van der Waals surface area contributed by atoms with Crippen molar-refractivity contribution in [2.45, 2.75) is 31.6 Å². The number of carbonyl (C=O) groups excluding carboxylic acids is 1. The number of methoxy groups -OCH3 is 1. The second-order valence-corrected chi connectivity index (χ2v) is 10.3. The first-order chi connectivity index (χ1) is 20.6. The van der Waals surface area contributed by atoms with Gasteiger partial charge in [0.2, 0.25) is 5.91 Å². The highest BCUT2D eigenvalue weighted by molar-refractivity contribution is 5.93. The Labute approximate surface area is 244 Å². The maximum atomic E-state index is 12.8. The minimum atomic E-state index is -0.0373. The molecule has 0 aliphatic heterocycles. The lowest BCUT2D eigenvalue weighted by Crippen LogP contribution is -2.35. The van der Waals surface area contributed by atoms with Crippen LogP contribution in [0.25, 0.3) is 27.8 Å². The number of nitrogens with zero attached hydrogens (tertiary/aromatic N) is 4. The van der Waals surface area contributed by atoms with Crippen molar-refractivity contribution >= 4 is 28.1 Å². The Bertz CT molecular complexity index is 1460. The van der Waals surface area contributed by atoms with Crippen molar-refractivity contribution in [3.8, 4) is 17.1 Å². The lowest BCUT2D eigenvalue weighted by molar-refractivity contribution is -0.126. The molecular weight excluding hydrogens is 540 g/mol. The maximum Gasteiger partial charge on any atom is 0.223 e. The first kappa shape index (κ1) is 29.7. The molecule has 1 aliphatic carbocycles. The maximum absolute atomic E-state index is 12.8. The quantitative estimate of drug-likeness (QED) is 0.153. The van der Waals surface area contributed by atoms with Crippen LogP contribution in [-0.2, 0) is 19.0 Å². The molecule has 4 aromatic rings. The number of ether oxygens (including phenoxy) is 4. The van der Waals surface area contributed by atoms with E-state index >= 15 is 0 Å². The Morgan fingerprint density at radius 1 is 1.07 bits per heavy atom. The smallest absolute Gasteiger partial charge is 0.223 e. The molecule has 13 heteroatoms. The molecule has 1 aromatic carbocycles. The van der Waals surface area contributed by atoms with Crippen LogP contribution in [0.5, 0.6) is 5.75 Å². The van der Waals surface area contributed by atoms with E-state index in [1.807, 2.05) is 24.3 Å². The van der Waals surface area contributed by atoms with E-state index in [-0.39, 0.29) is 17.7 Å². The fourth-order valence-corrected chi connectivity index (χ4v) is 5.49. The van der Waals surface area contributed by atoms with Gasteiger partial charge in [0, 0.05) is 30.3 Å². The molecule has 226 valence electrons. The first-order valence-corrected chi connectivity index (χ1v) is 14.5. The largest absolute Gasteiger partial charge is 0.495 e. The lowest BCUT2D eigenvalue weighted by atomic mass is 9.81. The van der Waals surface area contributed by atoms with Gasteiger partial charge in [0.15, 0.2) is 5.82 Å². The number of hydrogen-bond acceptors (Lipinski definition) is 10. The van der Waals surface area contributed by atoms with Gasteiger partial charge in [0.05, 0.1) is 58.0 Å². The predicted molar refractivity (Wildman–Crippen MR) is 158 cm³/mol. The van der Waals surface area contributed by atoms with Gasteiger partial charge in [-0.1, -0.05) is 12.1 Å². The molecule has 0 spiro atoms. The van der Waals surface area contributed by atoms with Gasteiger partial charge in [-0.3, -0.25) is 4.79 Å². The van der Waals surface area contributed by atoms with Gasteiger partial charge in [-0.15, -0.1) is 0 Å². The predicted octanol–water partition coefficient (Wildman–Crippen LogP) is 2.26. The van der Waals surface area contributed by atoms with E-state index in [1.54, 1.807) is 11.6 Å². The van der Waals surface area contributed by atoms with E-state index in [0.717, 1.165) is 53.9 Å². The number of aromatic amines is 1. The van der Waals surface area contributed by atoms with E-state index < -0.39 is 0 Å². The number of para-hydroxylation sites is 1. The summed E-state index contributed by atoms with van der Waals surface area (Å²) in [5.74, 6) is 2.13. The molecule has 1 amide bonds. The highest BCUT2D eigenvalue weighted by atomic mass is 16.5. The third-order valence-corrected chi connectivity index (χ3v) is 7.59. The van der Waals surface area contributed by atoms with Gasteiger partial charge in [-0.2, -0.15) is 5.10 Å². The van der Waals surface area contributed by atoms with Crippen molar-refractivity contribution in [1.29, 1.82) is 0 Å². The third-order valence-electron chi connectivity index (χ3n) is 7.59. The number of benzene rings is 1. The second kappa shape index (κ2) is 14.4. The number of anilines is 1. The first-order valence-electron chi connectivity index (χ1n) is 14.5. The molecular formula is C29H40N8O5. The number of nitrogens with one attached hydrogen (secondary N) is 2. The number of imidazole rings is 1. The van der Waals surface area contributed by atoms with Crippen LogP contribution in [0.1, 0.15) is 37.4 Å². The summed E-state index contributed by atoms with van der Waals surface area (Å²) in [4.78, 5) is 25.5. The summed E-state index contributed by atoms with van der Waals surface area (Å²) in [7, 11) is 1.65. The van der Waals surface area contributed by atoms with Crippen molar-refractivity contribution in [3.05, 3.63) is 36.4 Å². The van der Waals surface area contributed by atoms with Gasteiger partial charge in [-0.05, 0) is 37.8 Å². The molecule has 6 N–H and O–H groups in total. The van der Waals surface area contributed by atoms with E-state index in [2.05, 4.69) is 20.4 Å². The molecule has 1 aliphatic rings. The van der Waals surface area contributed by atoms with Crippen LogP contribution in [0.3, 0.4) is 0 Å². The second-order valence-electron chi connectivity index (χ2n) is 10.3. The van der Waals surface area contributed by atoms with Crippen molar-refractivity contribution in [1.82, 2.24) is 29.9 Å². The Kier molecular flexibility index (Phi) is 10.2. The van der Waals surface area contributed by atoms with Gasteiger partial charge in [-0.25, -0.2) is 14.5 Å². The molecule has 13 nitrogen and oxygen atoms in total. The van der Waals surface area contributed by atoms with Crippen LogP contribution in [-0.4, -0.2) is 90.3 Å². The minimum Gasteiger partial charge on any atom is -0.495 e. The zero-order valence-corrected chi connectivity index (χ0v) is 24.0. The molecule has 0 saturated heterocycles. The number of aromatic nitrogens is 5. The molecule has 3 aromatic heterocycles. The molecule has 1 fully saturated rings. The van der Waals surface area contributed by atoms with E-state index in [9.17, 15) is 4.79 Å². The Balaban J connectivity index is 1.15. The standard InChI is InChI=1S/C29H40N8O5/c1-39-23-4-2-3-21-17-22(35-24(21)23)25-26-27(31)33-18-34-37(26)28(36-25)19-5-7-20(8-6-19)29(38)32-10-12-41-14-16-42-15-13-40-11-9-30/h2-4,17-20,35H,5-16,30H2,1H3,(H,32,38)(H2,31,33,34). The molecule has 42 heavy (non-hydrogen) atoms. The Morgan fingerprint density at radius 2 is 1.81 bits per heavy atom. The Hall–Kier alpha value is -3.78. The van der Waals surface area contributed by atoms with E-state index in [4.69, 9.17) is 35.4 Å². The van der Waals surface area contributed by atoms with Gasteiger partial charge < -0.3 is 40.7 Å². The lowest BCUT2D eigenvalue weighted by Gasteiger charge is -2.26. The summed E-state index contributed by atoms with van der Waals surface area (Å²) in [6.45, 7) is 3.95. The average molecular weight is 581 g/mol. The van der Waals surface area contributed by atoms with Crippen molar-refractivity contribution in [3.63, 3.8) is 0 Å². The summed E-state index contributed by atoms with van der Waals surface area (Å²) in [6, 6.07) is 7.92. The highest BCUT2D eigenvalue weighted by Gasteiger charge is 2.31. The van der Waals surface area contributed by atoms with E-state index in [1.165, 1.54) is 6.33 Å². The number of rotatable bonds is 15. The molecule has 3 heterocycles. The van der Waals surface area contributed by atoms with Crippen molar-refractivity contribution in [2.24, 2.45) is 11.7 Å². The number of hydrogen-bond donors (Lipinski definition) is 4.